The van der Waals surface area contributed by atoms with Crippen molar-refractivity contribution in [3.63, 3.8) is 0 Å². The van der Waals surface area contributed by atoms with E-state index in [1.54, 1.807) is 0 Å². The van der Waals surface area contributed by atoms with E-state index in [1.807, 2.05) is 13.8 Å². The van der Waals surface area contributed by atoms with Gasteiger partial charge in [-0.2, -0.15) is 0 Å². The molecule has 8 heteroatoms. The molecule has 136 valence electrons. The van der Waals surface area contributed by atoms with E-state index in [0.29, 0.717) is 5.52 Å². The lowest BCUT2D eigenvalue weighted by atomic mass is 9.82. The minimum atomic E-state index is -0.723. The first kappa shape index (κ1) is 18.7. The smallest absolute Gasteiger partial charge is 0.407 e. The van der Waals surface area contributed by atoms with Crippen LogP contribution in [0.25, 0.3) is 11.1 Å². The maximum absolute atomic E-state index is 12.4. The molecule has 1 aromatic carbocycles. The minimum Gasteiger partial charge on any atom is -0.407 e. The molecule has 0 saturated carbocycles. The number of aromatic nitrogens is 1. The SMILES string of the molecule is CC(C)(C)CC(C)(C)NC(=O)Cn1c(=O)oc2cc([N+](=O)[O-])ccc21. The van der Waals surface area contributed by atoms with Gasteiger partial charge in [0.2, 0.25) is 5.91 Å². The third-order valence-electron chi connectivity index (χ3n) is 3.61. The third-order valence-corrected chi connectivity index (χ3v) is 3.61. The molecule has 0 radical (unpaired) electrons. The normalized spacial score (nSPS) is 12.4. The number of rotatable bonds is 5. The van der Waals surface area contributed by atoms with Crippen LogP contribution in [0, 0.1) is 15.5 Å². The Morgan fingerprint density at radius 1 is 1.28 bits per heavy atom. The number of amides is 1. The topological polar surface area (TPSA) is 107 Å². The van der Waals surface area contributed by atoms with Crippen LogP contribution < -0.4 is 11.1 Å². The number of carbonyl (C=O) groups excluding carboxylic acids is 1. The van der Waals surface area contributed by atoms with E-state index < -0.39 is 16.2 Å². The third kappa shape index (κ3) is 4.68. The lowest BCUT2D eigenvalue weighted by molar-refractivity contribution is -0.384. The molecule has 0 aliphatic rings. The Balaban J connectivity index is 2.22. The number of nitrogens with zero attached hydrogens (tertiary/aromatic N) is 2. The zero-order valence-corrected chi connectivity index (χ0v) is 15.1. The highest BCUT2D eigenvalue weighted by Crippen LogP contribution is 2.27. The summed E-state index contributed by atoms with van der Waals surface area (Å²) < 4.78 is 6.19. The quantitative estimate of drug-likeness (QED) is 0.659. The van der Waals surface area contributed by atoms with Gasteiger partial charge in [-0.25, -0.2) is 4.79 Å². The first-order valence-electron chi connectivity index (χ1n) is 7.97. The lowest BCUT2D eigenvalue weighted by Gasteiger charge is -2.33. The maximum Gasteiger partial charge on any atom is 0.420 e. The highest BCUT2D eigenvalue weighted by molar-refractivity contribution is 5.81. The lowest BCUT2D eigenvalue weighted by Crippen LogP contribution is -2.47. The molecule has 0 atom stereocenters. The molecule has 0 unspecified atom stereocenters. The number of non-ortho nitro benzene ring substituents is 1. The van der Waals surface area contributed by atoms with Crippen LogP contribution in [0.4, 0.5) is 5.69 Å². The standard InChI is InChI=1S/C17H23N3O5/c1-16(2,3)10-17(4,5)18-14(21)9-19-12-7-6-11(20(23)24)8-13(12)25-15(19)22/h6-8H,9-10H2,1-5H3,(H,18,21). The zero-order chi connectivity index (χ0) is 19.0. The summed E-state index contributed by atoms with van der Waals surface area (Å²) in [5, 5.41) is 13.7. The van der Waals surface area contributed by atoms with Crippen molar-refractivity contribution in [2.75, 3.05) is 0 Å². The van der Waals surface area contributed by atoms with Gasteiger partial charge in [-0.15, -0.1) is 0 Å². The van der Waals surface area contributed by atoms with Crippen molar-refractivity contribution < 1.29 is 14.1 Å². The van der Waals surface area contributed by atoms with E-state index in [9.17, 15) is 19.7 Å². The number of nitro groups is 1. The van der Waals surface area contributed by atoms with Crippen LogP contribution in [0.5, 0.6) is 0 Å². The maximum atomic E-state index is 12.4. The molecule has 0 bridgehead atoms. The largest absolute Gasteiger partial charge is 0.420 e. The van der Waals surface area contributed by atoms with Crippen LogP contribution in [-0.4, -0.2) is 20.9 Å². The van der Waals surface area contributed by atoms with Gasteiger partial charge in [0.1, 0.15) is 6.54 Å². The van der Waals surface area contributed by atoms with Crippen molar-refractivity contribution in [3.05, 3.63) is 38.9 Å². The number of nitro benzene ring substituents is 1. The Kier molecular flexibility index (Phi) is 4.74. The summed E-state index contributed by atoms with van der Waals surface area (Å²) in [7, 11) is 0. The average molecular weight is 349 g/mol. The van der Waals surface area contributed by atoms with Crippen molar-refractivity contribution >= 4 is 22.7 Å². The fraction of sp³-hybridized carbons (Fsp3) is 0.529. The van der Waals surface area contributed by atoms with Gasteiger partial charge < -0.3 is 9.73 Å². The molecule has 1 N–H and O–H groups in total. The number of carbonyl (C=O) groups is 1. The molecule has 1 aromatic heterocycles. The van der Waals surface area contributed by atoms with E-state index in [-0.39, 0.29) is 29.1 Å². The molecule has 0 aliphatic carbocycles. The Bertz CT molecular complexity index is 871. The second-order valence-electron chi connectivity index (χ2n) is 8.03. The van der Waals surface area contributed by atoms with Gasteiger partial charge in [-0.1, -0.05) is 20.8 Å². The van der Waals surface area contributed by atoms with Crippen molar-refractivity contribution in [2.45, 2.75) is 53.1 Å². The Labute approximate surface area is 145 Å². The summed E-state index contributed by atoms with van der Waals surface area (Å²) in [6.07, 6.45) is 0.763. The molecular formula is C17H23N3O5. The van der Waals surface area contributed by atoms with Gasteiger partial charge >= 0.3 is 5.76 Å². The van der Waals surface area contributed by atoms with E-state index in [0.717, 1.165) is 6.42 Å². The van der Waals surface area contributed by atoms with Gasteiger partial charge in [0.25, 0.3) is 5.69 Å². The summed E-state index contributed by atoms with van der Waals surface area (Å²) in [4.78, 5) is 34.6. The Morgan fingerprint density at radius 3 is 2.48 bits per heavy atom. The van der Waals surface area contributed by atoms with Crippen LogP contribution in [0.1, 0.15) is 41.0 Å². The molecule has 1 heterocycles. The first-order valence-corrected chi connectivity index (χ1v) is 7.97. The van der Waals surface area contributed by atoms with E-state index in [4.69, 9.17) is 4.42 Å². The average Bonchev–Trinajstić information content (AvgIpc) is 2.70. The van der Waals surface area contributed by atoms with Crippen LogP contribution in [0.3, 0.4) is 0 Å². The summed E-state index contributed by atoms with van der Waals surface area (Å²) in [5.41, 5.74) is -0.143. The van der Waals surface area contributed by atoms with Crippen molar-refractivity contribution in [2.24, 2.45) is 5.41 Å². The number of fused-ring (bicyclic) bond motifs is 1. The van der Waals surface area contributed by atoms with Gasteiger partial charge in [0.15, 0.2) is 5.58 Å². The highest BCUT2D eigenvalue weighted by atomic mass is 16.6. The monoisotopic (exact) mass is 349 g/mol. The predicted molar refractivity (Wildman–Crippen MR) is 93.4 cm³/mol. The number of hydrogen-bond donors (Lipinski definition) is 1. The number of oxazole rings is 1. The predicted octanol–water partition coefficient (Wildman–Crippen LogP) is 2.83. The van der Waals surface area contributed by atoms with Crippen molar-refractivity contribution in [1.29, 1.82) is 0 Å². The highest BCUT2D eigenvalue weighted by Gasteiger charge is 2.27. The number of nitrogens with one attached hydrogen (secondary N) is 1. The number of benzene rings is 1. The molecule has 8 nitrogen and oxygen atoms in total. The second-order valence-corrected chi connectivity index (χ2v) is 8.03. The van der Waals surface area contributed by atoms with Crippen LogP contribution in [0.2, 0.25) is 0 Å². The summed E-state index contributed by atoms with van der Waals surface area (Å²) in [6, 6.07) is 3.86. The minimum absolute atomic E-state index is 0.0366. The Hall–Kier alpha value is -2.64. The summed E-state index contributed by atoms with van der Waals surface area (Å²) in [6.45, 7) is 9.90. The number of hydrogen-bond acceptors (Lipinski definition) is 5. The van der Waals surface area contributed by atoms with Gasteiger partial charge in [-0.3, -0.25) is 19.5 Å². The van der Waals surface area contributed by atoms with Crippen molar-refractivity contribution in [3.8, 4) is 0 Å². The van der Waals surface area contributed by atoms with Gasteiger partial charge in [0, 0.05) is 11.6 Å². The summed E-state index contributed by atoms with van der Waals surface area (Å²) >= 11 is 0. The van der Waals surface area contributed by atoms with Gasteiger partial charge in [-0.05, 0) is 31.7 Å². The fourth-order valence-corrected chi connectivity index (χ4v) is 3.25. The Morgan fingerprint density at radius 2 is 1.92 bits per heavy atom. The van der Waals surface area contributed by atoms with Crippen LogP contribution >= 0.6 is 0 Å². The summed E-state index contributed by atoms with van der Waals surface area (Å²) in [5.74, 6) is -1.04. The first-order chi connectivity index (χ1) is 11.4. The molecule has 0 saturated heterocycles. The fourth-order valence-electron chi connectivity index (χ4n) is 3.25. The van der Waals surface area contributed by atoms with E-state index >= 15 is 0 Å². The van der Waals surface area contributed by atoms with E-state index in [2.05, 4.69) is 26.1 Å². The van der Waals surface area contributed by atoms with Crippen molar-refractivity contribution in [1.82, 2.24) is 9.88 Å². The molecule has 2 aromatic rings. The molecule has 1 amide bonds. The van der Waals surface area contributed by atoms with Crippen LogP contribution in [-0.2, 0) is 11.3 Å². The molecular weight excluding hydrogens is 326 g/mol. The molecule has 0 aliphatic heterocycles. The molecule has 0 spiro atoms. The van der Waals surface area contributed by atoms with Gasteiger partial charge in [0.05, 0.1) is 16.5 Å². The second kappa shape index (κ2) is 6.34. The van der Waals surface area contributed by atoms with Crippen LogP contribution in [0.15, 0.2) is 27.4 Å². The molecule has 0 fully saturated rings. The zero-order valence-electron chi connectivity index (χ0n) is 15.1. The molecule has 25 heavy (non-hydrogen) atoms. The molecule has 2 rings (SSSR count). The van der Waals surface area contributed by atoms with E-state index in [1.165, 1.54) is 22.8 Å².